The van der Waals surface area contributed by atoms with Crippen molar-refractivity contribution in [3.05, 3.63) is 59.7 Å². The first-order chi connectivity index (χ1) is 8.33. The van der Waals surface area contributed by atoms with Crippen molar-refractivity contribution in [3.8, 4) is 0 Å². The number of fused-ring (bicyclic) bond motifs is 1. The van der Waals surface area contributed by atoms with Crippen molar-refractivity contribution in [3.63, 3.8) is 0 Å². The molecule has 18 heavy (non-hydrogen) atoms. The molecule has 1 aliphatic rings. The van der Waals surface area contributed by atoms with Crippen LogP contribution in [0.25, 0.3) is 0 Å². The number of hydrogen-bond donors (Lipinski definition) is 1. The van der Waals surface area contributed by atoms with E-state index in [1.807, 2.05) is 6.07 Å². The number of halogens is 1. The molecule has 3 heteroatoms. The highest BCUT2D eigenvalue weighted by molar-refractivity contribution is 5.85. The molecule has 0 aromatic heterocycles. The first-order valence-electron chi connectivity index (χ1n) is 6.00. The van der Waals surface area contributed by atoms with E-state index in [1.54, 1.807) is 0 Å². The lowest BCUT2D eigenvalue weighted by atomic mass is 10.1. The van der Waals surface area contributed by atoms with Gasteiger partial charge in [-0.25, -0.2) is 0 Å². The Bertz CT molecular complexity index is 525. The fraction of sp³-hybridized carbons (Fsp3) is 0.200. The second-order valence-corrected chi connectivity index (χ2v) is 4.55. The van der Waals surface area contributed by atoms with Crippen molar-refractivity contribution < 1.29 is 0 Å². The van der Waals surface area contributed by atoms with Gasteiger partial charge in [0, 0.05) is 24.5 Å². The molecule has 1 aliphatic heterocycles. The SMILES string of the molecule is Cl.Nc1ccc2c(c1)CCN2Cc1ccccc1. The molecule has 0 atom stereocenters. The third kappa shape index (κ3) is 2.44. The maximum absolute atomic E-state index is 5.81. The molecule has 0 amide bonds. The lowest BCUT2D eigenvalue weighted by Gasteiger charge is -2.19. The van der Waals surface area contributed by atoms with Gasteiger partial charge < -0.3 is 10.6 Å². The van der Waals surface area contributed by atoms with Crippen molar-refractivity contribution in [2.45, 2.75) is 13.0 Å². The van der Waals surface area contributed by atoms with Crippen LogP contribution in [0.2, 0.25) is 0 Å². The van der Waals surface area contributed by atoms with Crippen LogP contribution in [0, 0.1) is 0 Å². The highest BCUT2D eigenvalue weighted by Crippen LogP contribution is 2.30. The van der Waals surface area contributed by atoms with Gasteiger partial charge in [0.2, 0.25) is 0 Å². The van der Waals surface area contributed by atoms with Gasteiger partial charge in [-0.05, 0) is 35.7 Å². The van der Waals surface area contributed by atoms with E-state index < -0.39 is 0 Å². The van der Waals surface area contributed by atoms with E-state index >= 15 is 0 Å². The average Bonchev–Trinajstić information content (AvgIpc) is 2.73. The fourth-order valence-corrected chi connectivity index (χ4v) is 2.46. The van der Waals surface area contributed by atoms with Gasteiger partial charge in [0.1, 0.15) is 0 Å². The monoisotopic (exact) mass is 260 g/mol. The molecule has 2 N–H and O–H groups in total. The summed E-state index contributed by atoms with van der Waals surface area (Å²) < 4.78 is 0. The van der Waals surface area contributed by atoms with Gasteiger partial charge in [-0.1, -0.05) is 30.3 Å². The highest BCUT2D eigenvalue weighted by Gasteiger charge is 2.18. The Labute approximate surface area is 114 Å². The fourth-order valence-electron chi connectivity index (χ4n) is 2.46. The Morgan fingerprint density at radius 3 is 2.61 bits per heavy atom. The normalized spacial score (nSPS) is 13.0. The van der Waals surface area contributed by atoms with Crippen molar-refractivity contribution in [2.24, 2.45) is 0 Å². The molecule has 2 aromatic carbocycles. The summed E-state index contributed by atoms with van der Waals surface area (Å²) in [5.74, 6) is 0. The summed E-state index contributed by atoms with van der Waals surface area (Å²) in [6, 6.07) is 16.8. The van der Waals surface area contributed by atoms with Crippen LogP contribution in [-0.2, 0) is 13.0 Å². The van der Waals surface area contributed by atoms with Crippen molar-refractivity contribution >= 4 is 23.8 Å². The summed E-state index contributed by atoms with van der Waals surface area (Å²) in [6.45, 7) is 2.07. The van der Waals surface area contributed by atoms with Crippen LogP contribution in [-0.4, -0.2) is 6.54 Å². The van der Waals surface area contributed by atoms with E-state index in [1.165, 1.54) is 16.8 Å². The zero-order chi connectivity index (χ0) is 11.7. The molecule has 2 aromatic rings. The summed E-state index contributed by atoms with van der Waals surface area (Å²) in [5, 5.41) is 0. The molecule has 94 valence electrons. The minimum atomic E-state index is 0. The third-order valence-corrected chi connectivity index (χ3v) is 3.31. The molecule has 0 unspecified atom stereocenters. The topological polar surface area (TPSA) is 29.3 Å². The summed E-state index contributed by atoms with van der Waals surface area (Å²) in [7, 11) is 0. The summed E-state index contributed by atoms with van der Waals surface area (Å²) >= 11 is 0. The number of rotatable bonds is 2. The van der Waals surface area contributed by atoms with Gasteiger partial charge in [0.05, 0.1) is 0 Å². The number of nitrogen functional groups attached to an aromatic ring is 1. The number of hydrogen-bond acceptors (Lipinski definition) is 2. The molecule has 1 heterocycles. The van der Waals surface area contributed by atoms with Gasteiger partial charge in [-0.3, -0.25) is 0 Å². The molecule has 0 fully saturated rings. The summed E-state index contributed by atoms with van der Waals surface area (Å²) in [4.78, 5) is 2.42. The van der Waals surface area contributed by atoms with Crippen LogP contribution in [0.3, 0.4) is 0 Å². The first kappa shape index (κ1) is 12.8. The summed E-state index contributed by atoms with van der Waals surface area (Å²) in [6.07, 6.45) is 1.10. The molecule has 0 spiro atoms. The quantitative estimate of drug-likeness (QED) is 0.840. The van der Waals surface area contributed by atoms with Gasteiger partial charge in [0.15, 0.2) is 0 Å². The van der Waals surface area contributed by atoms with Gasteiger partial charge in [0.25, 0.3) is 0 Å². The molecular formula is C15H17ClN2. The van der Waals surface area contributed by atoms with Gasteiger partial charge in [-0.15, -0.1) is 12.4 Å². The average molecular weight is 261 g/mol. The lowest BCUT2D eigenvalue weighted by molar-refractivity contribution is 0.836. The van der Waals surface area contributed by atoms with E-state index in [9.17, 15) is 0 Å². The molecule has 0 radical (unpaired) electrons. The zero-order valence-electron chi connectivity index (χ0n) is 10.2. The largest absolute Gasteiger partial charge is 0.399 e. The smallest absolute Gasteiger partial charge is 0.0429 e. The molecule has 0 saturated carbocycles. The molecule has 3 rings (SSSR count). The van der Waals surface area contributed by atoms with E-state index in [-0.39, 0.29) is 12.4 Å². The summed E-state index contributed by atoms with van der Waals surface area (Å²) in [5.41, 5.74) is 10.7. The van der Waals surface area contributed by atoms with Crippen LogP contribution in [0.4, 0.5) is 11.4 Å². The van der Waals surface area contributed by atoms with E-state index in [2.05, 4.69) is 47.4 Å². The molecule has 2 nitrogen and oxygen atoms in total. The van der Waals surface area contributed by atoms with Gasteiger partial charge in [-0.2, -0.15) is 0 Å². The van der Waals surface area contributed by atoms with Crippen molar-refractivity contribution in [1.29, 1.82) is 0 Å². The molecule has 0 aliphatic carbocycles. The van der Waals surface area contributed by atoms with E-state index in [0.717, 1.165) is 25.2 Å². The van der Waals surface area contributed by atoms with Crippen molar-refractivity contribution in [2.75, 3.05) is 17.2 Å². The number of anilines is 2. The Balaban J connectivity index is 0.00000120. The highest BCUT2D eigenvalue weighted by atomic mass is 35.5. The van der Waals surface area contributed by atoms with Crippen LogP contribution in [0.1, 0.15) is 11.1 Å². The van der Waals surface area contributed by atoms with E-state index in [0.29, 0.717) is 0 Å². The minimum absolute atomic E-state index is 0. The molecule has 0 bridgehead atoms. The van der Waals surface area contributed by atoms with Crippen LogP contribution in [0.15, 0.2) is 48.5 Å². The third-order valence-electron chi connectivity index (χ3n) is 3.31. The molecule has 0 saturated heterocycles. The second kappa shape index (κ2) is 5.32. The van der Waals surface area contributed by atoms with E-state index in [4.69, 9.17) is 5.73 Å². The predicted octanol–water partition coefficient (Wildman–Crippen LogP) is 3.25. The maximum Gasteiger partial charge on any atom is 0.0429 e. The maximum atomic E-state index is 5.81. The van der Waals surface area contributed by atoms with Crippen LogP contribution < -0.4 is 10.6 Å². The molecular weight excluding hydrogens is 244 g/mol. The minimum Gasteiger partial charge on any atom is -0.399 e. The Kier molecular flexibility index (Phi) is 3.78. The van der Waals surface area contributed by atoms with Crippen molar-refractivity contribution in [1.82, 2.24) is 0 Å². The van der Waals surface area contributed by atoms with Gasteiger partial charge >= 0.3 is 0 Å². The predicted molar refractivity (Wildman–Crippen MR) is 79.3 cm³/mol. The zero-order valence-corrected chi connectivity index (χ0v) is 11.0. The number of nitrogens with zero attached hydrogens (tertiary/aromatic N) is 1. The lowest BCUT2D eigenvalue weighted by Crippen LogP contribution is -2.19. The Morgan fingerprint density at radius 1 is 1.06 bits per heavy atom. The first-order valence-corrected chi connectivity index (χ1v) is 6.00. The Hall–Kier alpha value is -1.67. The Morgan fingerprint density at radius 2 is 1.83 bits per heavy atom. The van der Waals surface area contributed by atoms with Crippen LogP contribution in [0.5, 0.6) is 0 Å². The van der Waals surface area contributed by atoms with Crippen LogP contribution >= 0.6 is 12.4 Å². The second-order valence-electron chi connectivity index (χ2n) is 4.55. The number of benzene rings is 2. The standard InChI is InChI=1S/C15H16N2.ClH/c16-14-6-7-15-13(10-14)8-9-17(15)11-12-4-2-1-3-5-12;/h1-7,10H,8-9,11,16H2;1H. The number of nitrogens with two attached hydrogens (primary N) is 1.